The number of benzene rings is 1. The summed E-state index contributed by atoms with van der Waals surface area (Å²) < 4.78 is 6.06. The van der Waals surface area contributed by atoms with E-state index in [4.69, 9.17) is 16.3 Å². The molecule has 0 saturated heterocycles. The zero-order valence-electron chi connectivity index (χ0n) is 11.7. The van der Waals surface area contributed by atoms with Gasteiger partial charge in [0.2, 0.25) is 0 Å². The molecule has 3 rings (SSSR count). The number of carbonyl (C=O) groups is 1. The molecule has 0 N–H and O–H groups in total. The minimum absolute atomic E-state index is 0.118. The van der Waals surface area contributed by atoms with Gasteiger partial charge < -0.3 is 4.74 Å². The van der Waals surface area contributed by atoms with Crippen molar-refractivity contribution in [2.75, 3.05) is 0 Å². The standard InChI is InChI=1S/C17H21ClO2/c18-14-7-5-6-13(10-14)12-20-16-11-15(19)17(16)8-3-1-2-4-9-17/h5-7,10,16H,1-4,8-9,11-12H2. The summed E-state index contributed by atoms with van der Waals surface area (Å²) in [5.74, 6) is 0.426. The summed E-state index contributed by atoms with van der Waals surface area (Å²) in [4.78, 5) is 12.1. The van der Waals surface area contributed by atoms with Crippen molar-refractivity contribution >= 4 is 17.4 Å². The van der Waals surface area contributed by atoms with E-state index >= 15 is 0 Å². The van der Waals surface area contributed by atoms with E-state index < -0.39 is 0 Å². The van der Waals surface area contributed by atoms with Gasteiger partial charge in [0.25, 0.3) is 0 Å². The van der Waals surface area contributed by atoms with E-state index in [1.807, 2.05) is 24.3 Å². The van der Waals surface area contributed by atoms with Crippen molar-refractivity contribution in [3.8, 4) is 0 Å². The number of ketones is 1. The van der Waals surface area contributed by atoms with Gasteiger partial charge in [0.15, 0.2) is 0 Å². The molecule has 108 valence electrons. The third-order valence-corrected chi connectivity index (χ3v) is 5.11. The van der Waals surface area contributed by atoms with Crippen LogP contribution in [0.3, 0.4) is 0 Å². The minimum atomic E-state index is -0.158. The molecule has 3 heteroatoms. The Hall–Kier alpha value is -0.860. The molecule has 0 aliphatic heterocycles. The van der Waals surface area contributed by atoms with Gasteiger partial charge in [-0.3, -0.25) is 4.79 Å². The summed E-state index contributed by atoms with van der Waals surface area (Å²) in [6.07, 6.45) is 7.61. The number of rotatable bonds is 3. The molecule has 1 spiro atoms. The van der Waals surface area contributed by atoms with Gasteiger partial charge in [0, 0.05) is 11.4 Å². The Kier molecular flexibility index (Phi) is 4.13. The molecule has 2 aliphatic rings. The van der Waals surface area contributed by atoms with E-state index in [-0.39, 0.29) is 11.5 Å². The maximum Gasteiger partial charge on any atom is 0.144 e. The second-order valence-corrected chi connectivity index (χ2v) is 6.56. The van der Waals surface area contributed by atoms with Crippen LogP contribution in [0, 0.1) is 5.41 Å². The Bertz CT molecular complexity index is 490. The molecule has 2 nitrogen and oxygen atoms in total. The van der Waals surface area contributed by atoms with Crippen LogP contribution >= 0.6 is 11.6 Å². The first-order chi connectivity index (χ1) is 9.71. The highest BCUT2D eigenvalue weighted by Crippen LogP contribution is 2.49. The fourth-order valence-electron chi connectivity index (χ4n) is 3.62. The van der Waals surface area contributed by atoms with Gasteiger partial charge in [-0.05, 0) is 30.5 Å². The number of halogens is 1. The van der Waals surface area contributed by atoms with Crippen molar-refractivity contribution in [1.82, 2.24) is 0 Å². The van der Waals surface area contributed by atoms with Crippen LogP contribution in [0.15, 0.2) is 24.3 Å². The number of Topliss-reactive ketones (excluding diaryl/α,β-unsaturated/α-hetero) is 1. The largest absolute Gasteiger partial charge is 0.372 e. The Balaban J connectivity index is 1.64. The van der Waals surface area contributed by atoms with Crippen LogP contribution in [0.2, 0.25) is 5.02 Å². The molecule has 20 heavy (non-hydrogen) atoms. The van der Waals surface area contributed by atoms with E-state index in [0.717, 1.165) is 23.4 Å². The molecule has 2 aliphatic carbocycles. The molecule has 1 aromatic rings. The lowest BCUT2D eigenvalue weighted by molar-refractivity contribution is -0.168. The van der Waals surface area contributed by atoms with Crippen molar-refractivity contribution in [2.24, 2.45) is 5.41 Å². The maximum absolute atomic E-state index is 12.1. The summed E-state index contributed by atoms with van der Waals surface area (Å²) in [5, 5.41) is 0.736. The molecule has 2 fully saturated rings. The fourth-order valence-corrected chi connectivity index (χ4v) is 3.83. The summed E-state index contributed by atoms with van der Waals surface area (Å²) in [5.41, 5.74) is 0.926. The SMILES string of the molecule is O=C1CC(OCc2cccc(Cl)c2)C12CCCCCC2. The Morgan fingerprint density at radius 3 is 2.60 bits per heavy atom. The van der Waals surface area contributed by atoms with Crippen LogP contribution in [0.1, 0.15) is 50.5 Å². The van der Waals surface area contributed by atoms with Gasteiger partial charge in [-0.2, -0.15) is 0 Å². The molecular weight excluding hydrogens is 272 g/mol. The summed E-state index contributed by atoms with van der Waals surface area (Å²) in [6, 6.07) is 7.76. The van der Waals surface area contributed by atoms with Crippen LogP contribution in [-0.4, -0.2) is 11.9 Å². The second kappa shape index (κ2) is 5.87. The molecular formula is C17H21ClO2. The van der Waals surface area contributed by atoms with E-state index in [9.17, 15) is 4.79 Å². The van der Waals surface area contributed by atoms with Crippen molar-refractivity contribution in [2.45, 2.75) is 57.7 Å². The molecule has 1 aromatic carbocycles. The smallest absolute Gasteiger partial charge is 0.144 e. The minimum Gasteiger partial charge on any atom is -0.372 e. The lowest BCUT2D eigenvalue weighted by atomic mass is 9.60. The van der Waals surface area contributed by atoms with Crippen molar-refractivity contribution in [3.05, 3.63) is 34.9 Å². The average Bonchev–Trinajstić information content (AvgIpc) is 2.71. The normalized spacial score (nSPS) is 25.2. The summed E-state index contributed by atoms with van der Waals surface area (Å²) in [7, 11) is 0. The first-order valence-electron chi connectivity index (χ1n) is 7.60. The highest BCUT2D eigenvalue weighted by atomic mass is 35.5. The van der Waals surface area contributed by atoms with Crippen molar-refractivity contribution in [3.63, 3.8) is 0 Å². The zero-order valence-corrected chi connectivity index (χ0v) is 12.5. The molecule has 0 aromatic heterocycles. The average molecular weight is 293 g/mol. The Morgan fingerprint density at radius 1 is 1.20 bits per heavy atom. The number of carbonyl (C=O) groups excluding carboxylic acids is 1. The summed E-state index contributed by atoms with van der Waals surface area (Å²) in [6.45, 7) is 0.556. The van der Waals surface area contributed by atoms with Gasteiger partial charge >= 0.3 is 0 Å². The van der Waals surface area contributed by atoms with Crippen molar-refractivity contribution < 1.29 is 9.53 Å². The first-order valence-corrected chi connectivity index (χ1v) is 7.98. The van der Waals surface area contributed by atoms with Crippen LogP contribution in [0.4, 0.5) is 0 Å². The molecule has 1 atom stereocenters. The second-order valence-electron chi connectivity index (χ2n) is 6.13. The molecule has 0 heterocycles. The fraction of sp³-hybridized carbons (Fsp3) is 0.588. The predicted molar refractivity (Wildman–Crippen MR) is 79.8 cm³/mol. The van der Waals surface area contributed by atoms with Crippen LogP contribution in [0.5, 0.6) is 0 Å². The third kappa shape index (κ3) is 2.64. The molecule has 0 radical (unpaired) electrons. The molecule has 2 saturated carbocycles. The summed E-state index contributed by atoms with van der Waals surface area (Å²) >= 11 is 5.99. The quantitative estimate of drug-likeness (QED) is 0.817. The topological polar surface area (TPSA) is 26.3 Å². The number of ether oxygens (including phenoxy) is 1. The first kappa shape index (κ1) is 14.1. The van der Waals surface area contributed by atoms with Crippen molar-refractivity contribution in [1.29, 1.82) is 0 Å². The van der Waals surface area contributed by atoms with E-state index in [2.05, 4.69) is 0 Å². The van der Waals surface area contributed by atoms with Crippen LogP contribution in [0.25, 0.3) is 0 Å². The highest BCUT2D eigenvalue weighted by molar-refractivity contribution is 6.30. The van der Waals surface area contributed by atoms with E-state index in [1.54, 1.807) is 0 Å². The van der Waals surface area contributed by atoms with Gasteiger partial charge in [0.05, 0.1) is 18.1 Å². The lowest BCUT2D eigenvalue weighted by Gasteiger charge is -2.47. The third-order valence-electron chi connectivity index (χ3n) is 4.88. The van der Waals surface area contributed by atoms with E-state index in [0.29, 0.717) is 18.8 Å². The maximum atomic E-state index is 12.1. The van der Waals surface area contributed by atoms with Crippen LogP contribution < -0.4 is 0 Å². The molecule has 1 unspecified atom stereocenters. The number of hydrogen-bond donors (Lipinski definition) is 0. The Labute approximate surface area is 125 Å². The zero-order chi connectivity index (χ0) is 14.0. The molecule has 0 amide bonds. The van der Waals surface area contributed by atoms with Gasteiger partial charge in [0.1, 0.15) is 5.78 Å². The predicted octanol–water partition coefficient (Wildman–Crippen LogP) is 4.54. The van der Waals surface area contributed by atoms with Gasteiger partial charge in [-0.1, -0.05) is 49.4 Å². The Morgan fingerprint density at radius 2 is 1.95 bits per heavy atom. The lowest BCUT2D eigenvalue weighted by Crippen LogP contribution is -2.55. The van der Waals surface area contributed by atoms with Gasteiger partial charge in [-0.25, -0.2) is 0 Å². The highest BCUT2D eigenvalue weighted by Gasteiger charge is 2.54. The van der Waals surface area contributed by atoms with E-state index in [1.165, 1.54) is 25.7 Å². The number of hydrogen-bond acceptors (Lipinski definition) is 2. The molecule has 0 bridgehead atoms. The van der Waals surface area contributed by atoms with Gasteiger partial charge in [-0.15, -0.1) is 0 Å². The van der Waals surface area contributed by atoms with Crippen LogP contribution in [-0.2, 0) is 16.1 Å². The monoisotopic (exact) mass is 292 g/mol.